The van der Waals surface area contributed by atoms with Gasteiger partial charge in [0.2, 0.25) is 0 Å². The highest BCUT2D eigenvalue weighted by Gasteiger charge is 2.17. The van der Waals surface area contributed by atoms with E-state index in [1.165, 1.54) is 38.7 Å². The number of aryl methyl sites for hydroxylation is 1. The summed E-state index contributed by atoms with van der Waals surface area (Å²) in [5.74, 6) is 0.904. The van der Waals surface area contributed by atoms with Crippen molar-refractivity contribution in [3.05, 3.63) is 71.7 Å². The number of hydrogen-bond donors (Lipinski definition) is 2. The fourth-order valence-corrected chi connectivity index (χ4v) is 3.74. The first-order valence-corrected chi connectivity index (χ1v) is 11.0. The van der Waals surface area contributed by atoms with E-state index in [1.807, 2.05) is 0 Å². The average molecular weight is 458 g/mol. The molecule has 0 aliphatic heterocycles. The van der Waals surface area contributed by atoms with Gasteiger partial charge in [0, 0.05) is 11.8 Å². The van der Waals surface area contributed by atoms with E-state index in [1.54, 1.807) is 44.2 Å². The zero-order valence-electron chi connectivity index (χ0n) is 18.0. The number of ether oxygens (including phenoxy) is 2. The van der Waals surface area contributed by atoms with Crippen LogP contribution in [-0.2, 0) is 10.0 Å². The van der Waals surface area contributed by atoms with Crippen molar-refractivity contribution in [3.8, 4) is 11.5 Å². The summed E-state index contributed by atoms with van der Waals surface area (Å²) in [5, 5.41) is 6.79. The van der Waals surface area contributed by atoms with E-state index >= 15 is 0 Å². The van der Waals surface area contributed by atoms with Gasteiger partial charge >= 0.3 is 0 Å². The number of nitrogens with zero attached hydrogens (tertiary/aromatic N) is 1. The number of nitrogens with one attached hydrogen (secondary N) is 2. The van der Waals surface area contributed by atoms with E-state index < -0.39 is 10.0 Å². The van der Waals surface area contributed by atoms with Crippen LogP contribution < -0.4 is 19.6 Å². The number of benzene rings is 2. The Bertz CT molecular complexity index is 1260. The number of carbonyl (C=O) groups is 1. The van der Waals surface area contributed by atoms with Gasteiger partial charge in [-0.15, -0.1) is 0 Å². The molecule has 2 N–H and O–H groups in total. The first-order valence-electron chi connectivity index (χ1n) is 9.49. The molecule has 3 rings (SSSR count). The van der Waals surface area contributed by atoms with Gasteiger partial charge in [0.1, 0.15) is 5.76 Å². The second-order valence-corrected chi connectivity index (χ2v) is 8.39. The van der Waals surface area contributed by atoms with Crippen LogP contribution in [0, 0.1) is 6.92 Å². The third-order valence-electron chi connectivity index (χ3n) is 4.64. The summed E-state index contributed by atoms with van der Waals surface area (Å²) in [6.07, 6.45) is 1.45. The molecule has 3 aromatic rings. The SMILES string of the molecule is COc1ccc(S(=O)(=O)NN=C(C)c2cccc(NC(=O)c3ccoc3C)c2)cc1OC. The van der Waals surface area contributed by atoms with Crippen LogP contribution in [0.15, 0.2) is 69.2 Å². The predicted octanol–water partition coefficient (Wildman–Crippen LogP) is 3.56. The van der Waals surface area contributed by atoms with Gasteiger partial charge in [0.25, 0.3) is 15.9 Å². The molecule has 10 heteroatoms. The van der Waals surface area contributed by atoms with Gasteiger partial charge < -0.3 is 19.2 Å². The summed E-state index contributed by atoms with van der Waals surface area (Å²) in [6, 6.07) is 12.7. The van der Waals surface area contributed by atoms with E-state index in [2.05, 4.69) is 15.2 Å². The Balaban J connectivity index is 1.77. The summed E-state index contributed by atoms with van der Waals surface area (Å²) in [4.78, 5) is 14.6. The number of sulfonamides is 1. The van der Waals surface area contributed by atoms with Crippen LogP contribution >= 0.6 is 0 Å². The number of furan rings is 1. The van der Waals surface area contributed by atoms with E-state index in [-0.39, 0.29) is 16.6 Å². The first kappa shape index (κ1) is 22.9. The second-order valence-electron chi connectivity index (χ2n) is 6.73. The molecular formula is C22H23N3O6S. The third-order valence-corrected chi connectivity index (χ3v) is 5.85. The van der Waals surface area contributed by atoms with E-state index in [0.29, 0.717) is 34.0 Å². The van der Waals surface area contributed by atoms with E-state index in [4.69, 9.17) is 13.9 Å². The molecule has 168 valence electrons. The maximum atomic E-state index is 12.6. The fraction of sp³-hybridized carbons (Fsp3) is 0.182. The summed E-state index contributed by atoms with van der Waals surface area (Å²) in [5.41, 5.74) is 2.00. The summed E-state index contributed by atoms with van der Waals surface area (Å²) in [7, 11) is -1.05. The minimum Gasteiger partial charge on any atom is -0.493 e. The molecule has 0 aliphatic carbocycles. The van der Waals surface area contributed by atoms with Crippen molar-refractivity contribution in [1.82, 2.24) is 4.83 Å². The van der Waals surface area contributed by atoms with Crippen LogP contribution in [0.25, 0.3) is 0 Å². The van der Waals surface area contributed by atoms with Crippen LogP contribution in [0.5, 0.6) is 11.5 Å². The molecule has 0 unspecified atom stereocenters. The standard InChI is InChI=1S/C22H23N3O6S/c1-14(24-25-32(27,28)18-8-9-20(29-3)21(13-18)30-4)16-6-5-7-17(12-16)23-22(26)19-10-11-31-15(19)2/h5-13,25H,1-4H3,(H,23,26). The van der Waals surface area contributed by atoms with Crippen molar-refractivity contribution < 1.29 is 27.1 Å². The van der Waals surface area contributed by atoms with Crippen molar-refractivity contribution >= 4 is 27.3 Å². The molecule has 1 aromatic heterocycles. The van der Waals surface area contributed by atoms with Crippen molar-refractivity contribution in [3.63, 3.8) is 0 Å². The lowest BCUT2D eigenvalue weighted by Crippen LogP contribution is -2.20. The van der Waals surface area contributed by atoms with Crippen LogP contribution in [0.1, 0.15) is 28.6 Å². The van der Waals surface area contributed by atoms with Gasteiger partial charge in [0.15, 0.2) is 11.5 Å². The normalized spacial score (nSPS) is 11.7. The van der Waals surface area contributed by atoms with Gasteiger partial charge in [-0.1, -0.05) is 12.1 Å². The number of methoxy groups -OCH3 is 2. The summed E-state index contributed by atoms with van der Waals surface area (Å²) in [6.45, 7) is 3.35. The lowest BCUT2D eigenvalue weighted by Gasteiger charge is -2.10. The molecule has 1 amide bonds. The van der Waals surface area contributed by atoms with Crippen molar-refractivity contribution in [2.45, 2.75) is 18.7 Å². The van der Waals surface area contributed by atoms with Crippen molar-refractivity contribution in [2.75, 3.05) is 19.5 Å². The molecule has 0 saturated carbocycles. The Morgan fingerprint density at radius 3 is 2.44 bits per heavy atom. The van der Waals surface area contributed by atoms with Gasteiger partial charge in [-0.25, -0.2) is 0 Å². The van der Waals surface area contributed by atoms with E-state index in [9.17, 15) is 13.2 Å². The first-order chi connectivity index (χ1) is 15.2. The predicted molar refractivity (Wildman–Crippen MR) is 120 cm³/mol. The number of hydrazone groups is 1. The zero-order valence-corrected chi connectivity index (χ0v) is 18.8. The highest BCUT2D eigenvalue weighted by molar-refractivity contribution is 7.89. The molecule has 0 spiro atoms. The molecule has 0 atom stereocenters. The summed E-state index contributed by atoms with van der Waals surface area (Å²) < 4.78 is 40.7. The topological polar surface area (TPSA) is 119 Å². The lowest BCUT2D eigenvalue weighted by atomic mass is 10.1. The molecule has 0 saturated heterocycles. The Kier molecular flexibility index (Phi) is 6.84. The molecule has 2 aromatic carbocycles. The van der Waals surface area contributed by atoms with Gasteiger partial charge in [-0.3, -0.25) is 4.79 Å². The molecule has 9 nitrogen and oxygen atoms in total. The van der Waals surface area contributed by atoms with Crippen LogP contribution in [-0.4, -0.2) is 34.3 Å². The van der Waals surface area contributed by atoms with Gasteiger partial charge in [-0.2, -0.15) is 18.4 Å². The number of amides is 1. The van der Waals surface area contributed by atoms with Crippen molar-refractivity contribution in [2.24, 2.45) is 5.10 Å². The molecule has 0 bridgehead atoms. The minimum absolute atomic E-state index is 0.0248. The van der Waals surface area contributed by atoms with Crippen LogP contribution in [0.2, 0.25) is 0 Å². The highest BCUT2D eigenvalue weighted by Crippen LogP contribution is 2.29. The van der Waals surface area contributed by atoms with Gasteiger partial charge in [0.05, 0.1) is 36.7 Å². The molecule has 1 heterocycles. The van der Waals surface area contributed by atoms with Crippen LogP contribution in [0.3, 0.4) is 0 Å². The molecular weight excluding hydrogens is 434 g/mol. The minimum atomic E-state index is -3.94. The molecule has 0 aliphatic rings. The zero-order chi connectivity index (χ0) is 23.3. The Morgan fingerprint density at radius 2 is 1.78 bits per heavy atom. The quantitative estimate of drug-likeness (QED) is 0.394. The Hall–Kier alpha value is -3.79. The number of carbonyl (C=O) groups excluding carboxylic acids is 1. The second kappa shape index (κ2) is 9.56. The number of anilines is 1. The molecule has 32 heavy (non-hydrogen) atoms. The monoisotopic (exact) mass is 457 g/mol. The van der Waals surface area contributed by atoms with E-state index in [0.717, 1.165) is 0 Å². The number of hydrogen-bond acceptors (Lipinski definition) is 7. The Morgan fingerprint density at radius 1 is 1.03 bits per heavy atom. The smallest absolute Gasteiger partial charge is 0.276 e. The fourth-order valence-electron chi connectivity index (χ4n) is 2.87. The number of rotatable bonds is 8. The average Bonchev–Trinajstić information content (AvgIpc) is 3.23. The van der Waals surface area contributed by atoms with Crippen molar-refractivity contribution in [1.29, 1.82) is 0 Å². The lowest BCUT2D eigenvalue weighted by molar-refractivity contribution is 0.102. The summed E-state index contributed by atoms with van der Waals surface area (Å²) >= 11 is 0. The molecule has 0 radical (unpaired) electrons. The maximum Gasteiger partial charge on any atom is 0.276 e. The third kappa shape index (κ3) is 5.09. The Labute approximate surface area is 186 Å². The van der Waals surface area contributed by atoms with Crippen LogP contribution in [0.4, 0.5) is 5.69 Å². The van der Waals surface area contributed by atoms with Gasteiger partial charge in [-0.05, 0) is 49.7 Å². The highest BCUT2D eigenvalue weighted by atomic mass is 32.2. The largest absolute Gasteiger partial charge is 0.493 e. The molecule has 0 fully saturated rings. The maximum absolute atomic E-state index is 12.6.